The van der Waals surface area contributed by atoms with Crippen molar-refractivity contribution in [1.29, 1.82) is 0 Å². The Morgan fingerprint density at radius 1 is 1.17 bits per heavy atom. The SMILES string of the molecule is CCOc1ccc(C=NNc2nncc3ccccc23)cc1OC. The van der Waals surface area contributed by atoms with Crippen LogP contribution in [0.3, 0.4) is 0 Å². The molecule has 0 spiro atoms. The Hall–Kier alpha value is -3.15. The minimum absolute atomic E-state index is 0.588. The molecule has 122 valence electrons. The van der Waals surface area contributed by atoms with Crippen LogP contribution in [0.2, 0.25) is 0 Å². The van der Waals surface area contributed by atoms with E-state index in [9.17, 15) is 0 Å². The summed E-state index contributed by atoms with van der Waals surface area (Å²) in [5, 5.41) is 14.3. The van der Waals surface area contributed by atoms with Crippen molar-refractivity contribution in [2.75, 3.05) is 19.1 Å². The van der Waals surface area contributed by atoms with Crippen LogP contribution in [0.1, 0.15) is 12.5 Å². The average Bonchev–Trinajstić information content (AvgIpc) is 2.63. The Morgan fingerprint density at radius 3 is 2.88 bits per heavy atom. The lowest BCUT2D eigenvalue weighted by atomic mass is 10.2. The first-order chi connectivity index (χ1) is 11.8. The first kappa shape index (κ1) is 15.7. The highest BCUT2D eigenvalue weighted by Crippen LogP contribution is 2.27. The molecular weight excluding hydrogens is 304 g/mol. The van der Waals surface area contributed by atoms with Crippen LogP contribution in [0.4, 0.5) is 5.82 Å². The molecule has 6 nitrogen and oxygen atoms in total. The second-order valence-corrected chi connectivity index (χ2v) is 4.99. The van der Waals surface area contributed by atoms with Crippen molar-refractivity contribution < 1.29 is 9.47 Å². The molecule has 0 unspecified atom stereocenters. The number of aromatic nitrogens is 2. The molecule has 0 saturated heterocycles. The first-order valence-corrected chi connectivity index (χ1v) is 7.62. The van der Waals surface area contributed by atoms with Gasteiger partial charge in [-0.3, -0.25) is 5.43 Å². The van der Waals surface area contributed by atoms with Crippen molar-refractivity contribution in [3.63, 3.8) is 0 Å². The summed E-state index contributed by atoms with van der Waals surface area (Å²) in [7, 11) is 1.61. The zero-order valence-electron chi connectivity index (χ0n) is 13.6. The van der Waals surface area contributed by atoms with Crippen LogP contribution in [0.25, 0.3) is 10.8 Å². The van der Waals surface area contributed by atoms with Crippen molar-refractivity contribution in [2.24, 2.45) is 5.10 Å². The molecule has 0 bridgehead atoms. The quantitative estimate of drug-likeness (QED) is 0.556. The van der Waals surface area contributed by atoms with Gasteiger partial charge >= 0.3 is 0 Å². The van der Waals surface area contributed by atoms with E-state index in [4.69, 9.17) is 9.47 Å². The lowest BCUT2D eigenvalue weighted by Crippen LogP contribution is -1.98. The van der Waals surface area contributed by atoms with Gasteiger partial charge in [0.2, 0.25) is 0 Å². The Morgan fingerprint density at radius 2 is 2.04 bits per heavy atom. The van der Waals surface area contributed by atoms with Gasteiger partial charge in [-0.1, -0.05) is 24.3 Å². The van der Waals surface area contributed by atoms with Crippen LogP contribution in [-0.2, 0) is 0 Å². The summed E-state index contributed by atoms with van der Waals surface area (Å²) < 4.78 is 10.8. The van der Waals surface area contributed by atoms with Gasteiger partial charge in [-0.05, 0) is 30.7 Å². The van der Waals surface area contributed by atoms with Gasteiger partial charge in [0, 0.05) is 10.8 Å². The van der Waals surface area contributed by atoms with Crippen molar-refractivity contribution in [3.05, 3.63) is 54.2 Å². The fourth-order valence-corrected chi connectivity index (χ4v) is 2.32. The predicted octanol–water partition coefficient (Wildman–Crippen LogP) is 3.48. The highest BCUT2D eigenvalue weighted by molar-refractivity contribution is 5.91. The maximum Gasteiger partial charge on any atom is 0.176 e. The van der Waals surface area contributed by atoms with Crippen molar-refractivity contribution in [1.82, 2.24) is 10.2 Å². The fraction of sp³-hybridized carbons (Fsp3) is 0.167. The summed E-state index contributed by atoms with van der Waals surface area (Å²) >= 11 is 0. The number of ether oxygens (including phenoxy) is 2. The molecule has 6 heteroatoms. The highest BCUT2D eigenvalue weighted by atomic mass is 16.5. The van der Waals surface area contributed by atoms with Gasteiger partial charge in [0.15, 0.2) is 17.3 Å². The molecule has 0 atom stereocenters. The number of fused-ring (bicyclic) bond motifs is 1. The third-order valence-corrected chi connectivity index (χ3v) is 3.44. The molecule has 1 heterocycles. The molecule has 0 radical (unpaired) electrons. The molecule has 1 aromatic heterocycles. The van der Waals surface area contributed by atoms with Gasteiger partial charge in [-0.15, -0.1) is 5.10 Å². The van der Waals surface area contributed by atoms with Crippen molar-refractivity contribution in [3.8, 4) is 11.5 Å². The van der Waals surface area contributed by atoms with E-state index in [1.165, 1.54) is 0 Å². The largest absolute Gasteiger partial charge is 0.493 e. The Bertz CT molecular complexity index is 859. The summed E-state index contributed by atoms with van der Waals surface area (Å²) in [6, 6.07) is 13.5. The summed E-state index contributed by atoms with van der Waals surface area (Å²) in [6.07, 6.45) is 3.42. The van der Waals surface area contributed by atoms with E-state index in [2.05, 4.69) is 20.7 Å². The van der Waals surface area contributed by atoms with E-state index in [1.807, 2.05) is 49.4 Å². The van der Waals surface area contributed by atoms with Crippen LogP contribution in [-0.4, -0.2) is 30.1 Å². The molecule has 3 aromatic rings. The smallest absolute Gasteiger partial charge is 0.176 e. The molecular formula is C18H18N4O2. The second kappa shape index (κ2) is 7.41. The van der Waals surface area contributed by atoms with Crippen LogP contribution in [0.15, 0.2) is 53.8 Å². The van der Waals surface area contributed by atoms with Crippen LogP contribution < -0.4 is 14.9 Å². The number of benzene rings is 2. The molecule has 2 aromatic carbocycles. The number of rotatable bonds is 6. The normalized spacial score (nSPS) is 10.9. The van der Waals surface area contributed by atoms with E-state index >= 15 is 0 Å². The lowest BCUT2D eigenvalue weighted by molar-refractivity contribution is 0.311. The molecule has 0 amide bonds. The molecule has 0 aliphatic carbocycles. The maximum absolute atomic E-state index is 5.50. The predicted molar refractivity (Wildman–Crippen MR) is 94.9 cm³/mol. The highest BCUT2D eigenvalue weighted by Gasteiger charge is 2.04. The van der Waals surface area contributed by atoms with Gasteiger partial charge in [0.25, 0.3) is 0 Å². The molecule has 0 fully saturated rings. The van der Waals surface area contributed by atoms with Gasteiger partial charge in [-0.25, -0.2) is 0 Å². The Kier molecular flexibility index (Phi) is 4.86. The third-order valence-electron chi connectivity index (χ3n) is 3.44. The van der Waals surface area contributed by atoms with Crippen LogP contribution >= 0.6 is 0 Å². The zero-order chi connectivity index (χ0) is 16.8. The van der Waals surface area contributed by atoms with Crippen molar-refractivity contribution >= 4 is 22.8 Å². The second-order valence-electron chi connectivity index (χ2n) is 4.99. The monoisotopic (exact) mass is 322 g/mol. The molecule has 0 aliphatic rings. The van der Waals surface area contributed by atoms with E-state index < -0.39 is 0 Å². The summed E-state index contributed by atoms with van der Waals surface area (Å²) in [5.74, 6) is 2.00. The fourth-order valence-electron chi connectivity index (χ4n) is 2.32. The zero-order valence-corrected chi connectivity index (χ0v) is 13.6. The van der Waals surface area contributed by atoms with Gasteiger partial charge < -0.3 is 9.47 Å². The van der Waals surface area contributed by atoms with Gasteiger partial charge in [0.1, 0.15) is 0 Å². The summed E-state index contributed by atoms with van der Waals surface area (Å²) in [4.78, 5) is 0. The number of hydrazone groups is 1. The van der Waals surface area contributed by atoms with E-state index in [-0.39, 0.29) is 0 Å². The molecule has 0 aliphatic heterocycles. The van der Waals surface area contributed by atoms with E-state index in [1.54, 1.807) is 19.5 Å². The minimum Gasteiger partial charge on any atom is -0.493 e. The van der Waals surface area contributed by atoms with E-state index in [0.717, 1.165) is 16.3 Å². The number of hydrogen-bond donors (Lipinski definition) is 1. The van der Waals surface area contributed by atoms with Crippen LogP contribution in [0, 0.1) is 0 Å². The number of anilines is 1. The lowest BCUT2D eigenvalue weighted by Gasteiger charge is -2.09. The molecule has 0 saturated carbocycles. The Labute approximate surface area is 140 Å². The topological polar surface area (TPSA) is 68.6 Å². The standard InChI is InChI=1S/C18H18N4O2/c1-3-24-16-9-8-13(10-17(16)23-2)11-19-21-18-15-7-5-4-6-14(15)12-20-22-18/h4-12H,3H2,1-2H3,(H,21,22). The number of nitrogens with zero attached hydrogens (tertiary/aromatic N) is 3. The van der Waals surface area contributed by atoms with Gasteiger partial charge in [0.05, 0.1) is 26.1 Å². The molecule has 24 heavy (non-hydrogen) atoms. The molecule has 1 N–H and O–H groups in total. The number of hydrogen-bond acceptors (Lipinski definition) is 6. The number of nitrogens with one attached hydrogen (secondary N) is 1. The summed E-state index contributed by atoms with van der Waals surface area (Å²) in [6.45, 7) is 2.52. The van der Waals surface area contributed by atoms with E-state index in [0.29, 0.717) is 23.9 Å². The third kappa shape index (κ3) is 3.43. The summed E-state index contributed by atoms with van der Waals surface area (Å²) in [5.41, 5.74) is 3.82. The number of methoxy groups -OCH3 is 1. The molecule has 3 rings (SSSR count). The maximum atomic E-state index is 5.50. The minimum atomic E-state index is 0.588. The van der Waals surface area contributed by atoms with Gasteiger partial charge in [-0.2, -0.15) is 10.2 Å². The average molecular weight is 322 g/mol. The van der Waals surface area contributed by atoms with Crippen LogP contribution in [0.5, 0.6) is 11.5 Å². The van der Waals surface area contributed by atoms with Crippen molar-refractivity contribution in [2.45, 2.75) is 6.92 Å². The Balaban J connectivity index is 1.78. The first-order valence-electron chi connectivity index (χ1n) is 7.62.